The van der Waals surface area contributed by atoms with Crippen LogP contribution in [0.2, 0.25) is 0 Å². The molecular weight excluding hydrogens is 618 g/mol. The van der Waals surface area contributed by atoms with Gasteiger partial charge in [0.2, 0.25) is 0 Å². The zero-order valence-electron chi connectivity index (χ0n) is 28.5. The van der Waals surface area contributed by atoms with Crippen molar-refractivity contribution in [3.63, 3.8) is 0 Å². The SMILES string of the molecule is Cc1ccc2c(c1)nc(N)c1ncc(CCc3ccc(OCc4ccc(C(=O)NCCCOCCOCCOCCN)cc4)cc3C)cc12. The quantitative estimate of drug-likeness (QED) is 0.0772. The van der Waals surface area contributed by atoms with Crippen molar-refractivity contribution >= 4 is 33.5 Å². The Morgan fingerprint density at radius 2 is 1.55 bits per heavy atom. The monoisotopic (exact) mass is 665 g/mol. The first-order chi connectivity index (χ1) is 23.9. The fraction of sp³-hybridized carbons (Fsp3) is 0.359. The van der Waals surface area contributed by atoms with Crippen molar-refractivity contribution in [2.45, 2.75) is 39.7 Å². The normalized spacial score (nSPS) is 11.3. The average Bonchev–Trinajstić information content (AvgIpc) is 3.10. The Morgan fingerprint density at radius 1 is 0.796 bits per heavy atom. The minimum Gasteiger partial charge on any atom is -0.489 e. The maximum atomic E-state index is 12.5. The molecule has 5 N–H and O–H groups in total. The zero-order valence-corrected chi connectivity index (χ0v) is 28.5. The molecular formula is C39H47N5O5. The molecule has 10 heteroatoms. The van der Waals surface area contributed by atoms with Gasteiger partial charge in [0.25, 0.3) is 5.91 Å². The fourth-order valence-corrected chi connectivity index (χ4v) is 5.54. The Balaban J connectivity index is 1.03. The van der Waals surface area contributed by atoms with Crippen molar-refractivity contribution in [3.8, 4) is 5.75 Å². The van der Waals surface area contributed by atoms with Gasteiger partial charge < -0.3 is 35.7 Å². The molecule has 0 aliphatic carbocycles. The summed E-state index contributed by atoms with van der Waals surface area (Å²) in [7, 11) is 0. The molecule has 2 aromatic heterocycles. The van der Waals surface area contributed by atoms with E-state index in [2.05, 4.69) is 65.5 Å². The molecule has 0 atom stereocenters. The van der Waals surface area contributed by atoms with Crippen LogP contribution in [0, 0.1) is 13.8 Å². The van der Waals surface area contributed by atoms with Gasteiger partial charge in [-0.1, -0.05) is 30.3 Å². The summed E-state index contributed by atoms with van der Waals surface area (Å²) < 4.78 is 22.3. The molecule has 2 heterocycles. The number of benzene rings is 3. The lowest BCUT2D eigenvalue weighted by Crippen LogP contribution is -2.25. The summed E-state index contributed by atoms with van der Waals surface area (Å²) in [5.74, 6) is 1.16. The van der Waals surface area contributed by atoms with Crippen LogP contribution in [0.3, 0.4) is 0 Å². The summed E-state index contributed by atoms with van der Waals surface area (Å²) in [6, 6.07) is 22.2. The van der Waals surface area contributed by atoms with E-state index in [1.54, 1.807) is 0 Å². The third-order valence-electron chi connectivity index (χ3n) is 8.25. The van der Waals surface area contributed by atoms with Gasteiger partial charge in [0.15, 0.2) is 5.82 Å². The fourth-order valence-electron chi connectivity index (χ4n) is 5.54. The number of carbonyl (C=O) groups is 1. The maximum absolute atomic E-state index is 12.5. The van der Waals surface area contributed by atoms with Crippen LogP contribution in [0.15, 0.2) is 72.9 Å². The molecule has 0 saturated heterocycles. The van der Waals surface area contributed by atoms with Gasteiger partial charge in [-0.15, -0.1) is 0 Å². The minimum atomic E-state index is -0.108. The maximum Gasteiger partial charge on any atom is 0.251 e. The molecule has 0 saturated carbocycles. The topological polar surface area (TPSA) is 144 Å². The molecule has 1 amide bonds. The molecule has 0 spiro atoms. The lowest BCUT2D eigenvalue weighted by molar-refractivity contribution is 0.0156. The van der Waals surface area contributed by atoms with Gasteiger partial charge in [0.05, 0.1) is 38.6 Å². The van der Waals surface area contributed by atoms with Crippen LogP contribution in [0.25, 0.3) is 21.8 Å². The molecule has 0 aliphatic heterocycles. The van der Waals surface area contributed by atoms with E-state index in [0.29, 0.717) is 70.7 Å². The van der Waals surface area contributed by atoms with E-state index in [-0.39, 0.29) is 5.91 Å². The summed E-state index contributed by atoms with van der Waals surface area (Å²) in [4.78, 5) is 21.8. The molecule has 49 heavy (non-hydrogen) atoms. The van der Waals surface area contributed by atoms with Crippen molar-refractivity contribution < 1.29 is 23.7 Å². The molecule has 0 bridgehead atoms. The van der Waals surface area contributed by atoms with Gasteiger partial charge in [0, 0.05) is 42.2 Å². The van der Waals surface area contributed by atoms with E-state index >= 15 is 0 Å². The Hall–Kier alpha value is -4.61. The number of nitrogens with one attached hydrogen (secondary N) is 1. The number of hydrogen-bond acceptors (Lipinski definition) is 9. The molecule has 0 unspecified atom stereocenters. The van der Waals surface area contributed by atoms with E-state index in [1.165, 1.54) is 11.1 Å². The highest BCUT2D eigenvalue weighted by Crippen LogP contribution is 2.28. The molecule has 10 nitrogen and oxygen atoms in total. The van der Waals surface area contributed by atoms with E-state index in [9.17, 15) is 4.79 Å². The van der Waals surface area contributed by atoms with Crippen LogP contribution in [0.1, 0.15) is 44.6 Å². The van der Waals surface area contributed by atoms with E-state index in [4.69, 9.17) is 30.4 Å². The van der Waals surface area contributed by atoms with Crippen molar-refractivity contribution in [1.82, 2.24) is 15.3 Å². The largest absolute Gasteiger partial charge is 0.489 e. The average molecular weight is 666 g/mol. The molecule has 3 aromatic carbocycles. The molecule has 0 aliphatic rings. The number of anilines is 1. The number of aryl methyl sites for hydroxylation is 4. The molecule has 258 valence electrons. The zero-order chi connectivity index (χ0) is 34.4. The van der Waals surface area contributed by atoms with E-state index in [1.807, 2.05) is 36.5 Å². The molecule has 0 radical (unpaired) electrons. The Labute approximate surface area is 288 Å². The van der Waals surface area contributed by atoms with Gasteiger partial charge in [-0.3, -0.25) is 9.78 Å². The number of nitrogens with two attached hydrogens (primary N) is 2. The number of nitrogens with zero attached hydrogens (tertiary/aromatic N) is 2. The first kappa shape index (κ1) is 35.7. The van der Waals surface area contributed by atoms with Crippen molar-refractivity contribution in [2.75, 3.05) is 58.5 Å². The highest BCUT2D eigenvalue weighted by atomic mass is 16.5. The second kappa shape index (κ2) is 18.2. The Kier molecular flexibility index (Phi) is 13.3. The number of aromatic nitrogens is 2. The Morgan fingerprint density at radius 3 is 2.31 bits per heavy atom. The highest BCUT2D eigenvalue weighted by Gasteiger charge is 2.10. The van der Waals surface area contributed by atoms with Crippen LogP contribution in [-0.2, 0) is 33.7 Å². The number of amides is 1. The summed E-state index contributed by atoms with van der Waals surface area (Å²) in [6.07, 6.45) is 4.37. The number of rotatable bonds is 19. The number of carbonyl (C=O) groups excluding carboxylic acids is 1. The van der Waals surface area contributed by atoms with Gasteiger partial charge in [-0.05, 0) is 97.3 Å². The summed E-state index contributed by atoms with van der Waals surface area (Å²) in [5.41, 5.74) is 19.6. The van der Waals surface area contributed by atoms with Crippen LogP contribution in [0.5, 0.6) is 5.75 Å². The van der Waals surface area contributed by atoms with Gasteiger partial charge >= 0.3 is 0 Å². The second-order valence-electron chi connectivity index (χ2n) is 12.1. The molecule has 0 fully saturated rings. The first-order valence-electron chi connectivity index (χ1n) is 16.9. The highest BCUT2D eigenvalue weighted by molar-refractivity contribution is 6.08. The Bertz CT molecular complexity index is 1830. The number of nitrogen functional groups attached to an aromatic ring is 1. The van der Waals surface area contributed by atoms with Crippen LogP contribution < -0.4 is 21.5 Å². The third-order valence-corrected chi connectivity index (χ3v) is 8.25. The number of hydrogen-bond donors (Lipinski definition) is 3. The summed E-state index contributed by atoms with van der Waals surface area (Å²) >= 11 is 0. The molecule has 5 aromatic rings. The van der Waals surface area contributed by atoms with Gasteiger partial charge in [-0.25, -0.2) is 4.98 Å². The van der Waals surface area contributed by atoms with Crippen LogP contribution >= 0.6 is 0 Å². The predicted octanol–water partition coefficient (Wildman–Crippen LogP) is 5.47. The first-order valence-corrected chi connectivity index (χ1v) is 16.9. The standard InChI is InChI=1S/C39H47N5O5/c1-27-4-13-34-35-24-30(25-43-37(35)38(41)44-36(34)22-27)7-8-31-11-12-33(23-28(31)2)49-26-29-5-9-32(10-6-29)39(45)42-15-3-16-46-18-20-48-21-19-47-17-14-40/h4-6,9-13,22-25H,3,7-8,14-21,26,40H2,1-2H3,(H2,41,44)(H,42,45). The van der Waals surface area contributed by atoms with Gasteiger partial charge in [-0.2, -0.15) is 0 Å². The van der Waals surface area contributed by atoms with Crippen LogP contribution in [-0.4, -0.2) is 68.6 Å². The van der Waals surface area contributed by atoms with Crippen LogP contribution in [0.4, 0.5) is 5.82 Å². The second-order valence-corrected chi connectivity index (χ2v) is 12.1. The van der Waals surface area contributed by atoms with Crippen molar-refractivity contribution in [3.05, 3.63) is 106 Å². The molecule has 5 rings (SSSR count). The number of ether oxygens (including phenoxy) is 4. The predicted molar refractivity (Wildman–Crippen MR) is 194 cm³/mol. The minimum absolute atomic E-state index is 0.108. The summed E-state index contributed by atoms with van der Waals surface area (Å²) in [6.45, 7) is 8.81. The van der Waals surface area contributed by atoms with E-state index < -0.39 is 0 Å². The van der Waals surface area contributed by atoms with E-state index in [0.717, 1.165) is 63.5 Å². The lowest BCUT2D eigenvalue weighted by Gasteiger charge is -2.12. The third kappa shape index (κ3) is 10.4. The number of fused-ring (bicyclic) bond motifs is 3. The lowest BCUT2D eigenvalue weighted by atomic mass is 9.99. The number of pyridine rings is 2. The summed E-state index contributed by atoms with van der Waals surface area (Å²) in [5, 5.41) is 5.04. The smallest absolute Gasteiger partial charge is 0.251 e. The van der Waals surface area contributed by atoms with Gasteiger partial charge in [0.1, 0.15) is 17.9 Å². The van der Waals surface area contributed by atoms with Crippen molar-refractivity contribution in [1.29, 1.82) is 0 Å². The van der Waals surface area contributed by atoms with Crippen molar-refractivity contribution in [2.24, 2.45) is 5.73 Å².